The number of aliphatic carboxylic acids is 1. The first kappa shape index (κ1) is 11.4. The average Bonchev–Trinajstić information content (AvgIpc) is 2.67. The van der Waals surface area contributed by atoms with Crippen molar-refractivity contribution in [2.45, 2.75) is 18.9 Å². The average molecular weight is 236 g/mol. The van der Waals surface area contributed by atoms with Crippen molar-refractivity contribution < 1.29 is 24.2 Å². The van der Waals surface area contributed by atoms with Gasteiger partial charge >= 0.3 is 11.9 Å². The lowest BCUT2D eigenvalue weighted by Crippen LogP contribution is -2.22. The first-order valence-corrected chi connectivity index (χ1v) is 5.30. The SMILES string of the molecule is O=C(O)Cc1ccccc1OC1CCOC1=O. The normalized spacial score (nSPS) is 18.8. The first-order valence-electron chi connectivity index (χ1n) is 5.30. The molecular weight excluding hydrogens is 224 g/mol. The van der Waals surface area contributed by atoms with Gasteiger partial charge < -0.3 is 14.6 Å². The Morgan fingerprint density at radius 1 is 1.47 bits per heavy atom. The molecule has 0 radical (unpaired) electrons. The molecule has 5 nitrogen and oxygen atoms in total. The number of benzene rings is 1. The maximum Gasteiger partial charge on any atom is 0.347 e. The lowest BCUT2D eigenvalue weighted by Gasteiger charge is -2.13. The van der Waals surface area contributed by atoms with Crippen molar-refractivity contribution in [3.05, 3.63) is 29.8 Å². The maximum atomic E-state index is 11.2. The summed E-state index contributed by atoms with van der Waals surface area (Å²) in [4.78, 5) is 21.9. The number of carbonyl (C=O) groups is 2. The third kappa shape index (κ3) is 2.75. The molecule has 0 saturated carbocycles. The molecule has 0 aromatic heterocycles. The van der Waals surface area contributed by atoms with E-state index in [0.29, 0.717) is 24.3 Å². The largest absolute Gasteiger partial charge is 0.481 e. The molecule has 0 bridgehead atoms. The van der Waals surface area contributed by atoms with E-state index in [-0.39, 0.29) is 6.42 Å². The molecule has 2 rings (SSSR count). The standard InChI is InChI=1S/C12H12O5/c13-11(14)7-8-3-1-2-4-9(8)17-10-5-6-16-12(10)15/h1-4,10H,5-7H2,(H,13,14). The van der Waals surface area contributed by atoms with Crippen LogP contribution in [-0.2, 0) is 20.7 Å². The fourth-order valence-corrected chi connectivity index (χ4v) is 1.67. The second-order valence-electron chi connectivity index (χ2n) is 3.74. The molecule has 17 heavy (non-hydrogen) atoms. The zero-order valence-corrected chi connectivity index (χ0v) is 9.09. The minimum absolute atomic E-state index is 0.127. The van der Waals surface area contributed by atoms with Gasteiger partial charge in [-0.15, -0.1) is 0 Å². The van der Waals surface area contributed by atoms with Crippen LogP contribution in [0.15, 0.2) is 24.3 Å². The number of hydrogen-bond donors (Lipinski definition) is 1. The van der Waals surface area contributed by atoms with Crippen molar-refractivity contribution in [3.63, 3.8) is 0 Å². The summed E-state index contributed by atoms with van der Waals surface area (Å²) in [6, 6.07) is 6.80. The summed E-state index contributed by atoms with van der Waals surface area (Å²) in [5.41, 5.74) is 0.555. The molecule has 1 unspecified atom stereocenters. The molecule has 1 N–H and O–H groups in total. The molecule has 1 aliphatic heterocycles. The van der Waals surface area contributed by atoms with Crippen LogP contribution in [0.25, 0.3) is 0 Å². The number of carboxylic acid groups (broad SMARTS) is 1. The quantitative estimate of drug-likeness (QED) is 0.790. The minimum Gasteiger partial charge on any atom is -0.481 e. The molecule has 1 atom stereocenters. The predicted molar refractivity (Wildman–Crippen MR) is 57.8 cm³/mol. The summed E-state index contributed by atoms with van der Waals surface area (Å²) in [6.07, 6.45) is -0.247. The Hall–Kier alpha value is -2.04. The number of para-hydroxylation sites is 1. The number of cyclic esters (lactones) is 1. The summed E-state index contributed by atoms with van der Waals surface area (Å²) in [5.74, 6) is -0.899. The van der Waals surface area contributed by atoms with E-state index in [2.05, 4.69) is 0 Å². The zero-order valence-electron chi connectivity index (χ0n) is 9.09. The molecule has 0 spiro atoms. The zero-order chi connectivity index (χ0) is 12.3. The van der Waals surface area contributed by atoms with Crippen molar-refractivity contribution in [2.24, 2.45) is 0 Å². The highest BCUT2D eigenvalue weighted by molar-refractivity contribution is 5.77. The number of ether oxygens (including phenoxy) is 2. The van der Waals surface area contributed by atoms with Gasteiger partial charge in [0.15, 0.2) is 6.10 Å². The fraction of sp³-hybridized carbons (Fsp3) is 0.333. The molecule has 1 heterocycles. The number of esters is 1. The molecule has 1 aromatic carbocycles. The molecule has 1 saturated heterocycles. The third-order valence-electron chi connectivity index (χ3n) is 2.47. The van der Waals surface area contributed by atoms with Crippen LogP contribution < -0.4 is 4.74 Å². The smallest absolute Gasteiger partial charge is 0.347 e. The monoisotopic (exact) mass is 236 g/mol. The number of carbonyl (C=O) groups excluding carboxylic acids is 1. The van der Waals surface area contributed by atoms with Crippen LogP contribution in [0.2, 0.25) is 0 Å². The molecule has 0 amide bonds. The van der Waals surface area contributed by atoms with Crippen LogP contribution in [0, 0.1) is 0 Å². The van der Waals surface area contributed by atoms with E-state index in [1.807, 2.05) is 0 Å². The van der Waals surface area contributed by atoms with E-state index in [0.717, 1.165) is 0 Å². The highest BCUT2D eigenvalue weighted by Gasteiger charge is 2.29. The maximum absolute atomic E-state index is 11.2. The highest BCUT2D eigenvalue weighted by atomic mass is 16.6. The Morgan fingerprint density at radius 2 is 2.24 bits per heavy atom. The van der Waals surface area contributed by atoms with E-state index in [1.54, 1.807) is 24.3 Å². The van der Waals surface area contributed by atoms with Gasteiger partial charge in [0, 0.05) is 12.0 Å². The van der Waals surface area contributed by atoms with Crippen LogP contribution in [-0.4, -0.2) is 29.8 Å². The summed E-state index contributed by atoms with van der Waals surface area (Å²) in [6.45, 7) is 0.352. The summed E-state index contributed by atoms with van der Waals surface area (Å²) in [7, 11) is 0. The van der Waals surface area contributed by atoms with Gasteiger partial charge in [-0.3, -0.25) is 4.79 Å². The van der Waals surface area contributed by atoms with Crippen molar-refractivity contribution in [1.29, 1.82) is 0 Å². The van der Waals surface area contributed by atoms with Gasteiger partial charge in [0.05, 0.1) is 13.0 Å². The number of hydrogen-bond acceptors (Lipinski definition) is 4. The van der Waals surface area contributed by atoms with Gasteiger partial charge in [0.1, 0.15) is 5.75 Å². The van der Waals surface area contributed by atoms with Crippen molar-refractivity contribution in [3.8, 4) is 5.75 Å². The predicted octanol–water partition coefficient (Wildman–Crippen LogP) is 1.01. The van der Waals surface area contributed by atoms with Gasteiger partial charge in [-0.1, -0.05) is 18.2 Å². The summed E-state index contributed by atoms with van der Waals surface area (Å²) < 4.78 is 10.3. The third-order valence-corrected chi connectivity index (χ3v) is 2.47. The Kier molecular flexibility index (Phi) is 3.27. The second-order valence-corrected chi connectivity index (χ2v) is 3.74. The van der Waals surface area contributed by atoms with Crippen LogP contribution in [0.1, 0.15) is 12.0 Å². The van der Waals surface area contributed by atoms with Crippen molar-refractivity contribution in [2.75, 3.05) is 6.61 Å². The van der Waals surface area contributed by atoms with Crippen LogP contribution in [0.4, 0.5) is 0 Å². The lowest BCUT2D eigenvalue weighted by molar-refractivity contribution is -0.143. The van der Waals surface area contributed by atoms with Crippen LogP contribution in [0.3, 0.4) is 0 Å². The van der Waals surface area contributed by atoms with Crippen LogP contribution in [0.5, 0.6) is 5.75 Å². The van der Waals surface area contributed by atoms with E-state index in [4.69, 9.17) is 14.6 Å². The molecule has 90 valence electrons. The summed E-state index contributed by atoms with van der Waals surface area (Å²) in [5, 5.41) is 8.76. The van der Waals surface area contributed by atoms with Crippen molar-refractivity contribution in [1.82, 2.24) is 0 Å². The van der Waals surface area contributed by atoms with Crippen LogP contribution >= 0.6 is 0 Å². The minimum atomic E-state index is -0.935. The Labute approximate surface area is 98.0 Å². The molecule has 1 aromatic rings. The topological polar surface area (TPSA) is 72.8 Å². The first-order chi connectivity index (χ1) is 8.16. The van der Waals surface area contributed by atoms with Gasteiger partial charge in [-0.2, -0.15) is 0 Å². The molecule has 0 aliphatic carbocycles. The highest BCUT2D eigenvalue weighted by Crippen LogP contribution is 2.22. The molecule has 5 heteroatoms. The van der Waals surface area contributed by atoms with E-state index in [9.17, 15) is 9.59 Å². The lowest BCUT2D eigenvalue weighted by atomic mass is 10.1. The van der Waals surface area contributed by atoms with Gasteiger partial charge in [0.25, 0.3) is 0 Å². The number of rotatable bonds is 4. The van der Waals surface area contributed by atoms with E-state index in [1.165, 1.54) is 0 Å². The Balaban J connectivity index is 2.14. The second kappa shape index (κ2) is 4.86. The van der Waals surface area contributed by atoms with E-state index < -0.39 is 18.0 Å². The molecule has 1 fully saturated rings. The Morgan fingerprint density at radius 3 is 2.88 bits per heavy atom. The van der Waals surface area contributed by atoms with E-state index >= 15 is 0 Å². The van der Waals surface area contributed by atoms with Gasteiger partial charge in [0.2, 0.25) is 0 Å². The number of carboxylic acids is 1. The summed E-state index contributed by atoms with van der Waals surface area (Å²) >= 11 is 0. The Bertz CT molecular complexity index is 440. The van der Waals surface area contributed by atoms with Crippen molar-refractivity contribution >= 4 is 11.9 Å². The fourth-order valence-electron chi connectivity index (χ4n) is 1.67. The van der Waals surface area contributed by atoms with Gasteiger partial charge in [-0.25, -0.2) is 4.79 Å². The molecular formula is C12H12O5. The molecule has 1 aliphatic rings. The van der Waals surface area contributed by atoms with Gasteiger partial charge in [-0.05, 0) is 6.07 Å².